The fourth-order valence-corrected chi connectivity index (χ4v) is 5.47. The van der Waals surface area contributed by atoms with Crippen LogP contribution in [0.25, 0.3) is 0 Å². The molecule has 1 fully saturated rings. The lowest BCUT2D eigenvalue weighted by molar-refractivity contribution is -0.0897. The smallest absolute Gasteiger partial charge is 0.345 e. The molecule has 2 N–H and O–H groups in total. The van der Waals surface area contributed by atoms with E-state index in [-0.39, 0.29) is 12.1 Å². The summed E-state index contributed by atoms with van der Waals surface area (Å²) in [6, 6.07) is 9.23. The first-order valence-corrected chi connectivity index (χ1v) is 10.9. The van der Waals surface area contributed by atoms with Crippen molar-refractivity contribution in [1.82, 2.24) is 10.2 Å². The highest BCUT2D eigenvalue weighted by atomic mass is 32.1. The largest absolute Gasteiger partial charge is 0.497 e. The standard InChI is InChI=1S/C22H26N2O5S/c1-14(15-3-5-17(28-2)6-4-15)23-21(27)24-10-8-22(9-11-24)19-16(7-12-29-22)13-18(30-19)20(25)26/h3-6,13-14H,7-12H2,1-2H3,(H,23,27)(H,25,26)/t14-/m1/s1. The highest BCUT2D eigenvalue weighted by Crippen LogP contribution is 2.45. The Morgan fingerprint density at radius 3 is 2.60 bits per heavy atom. The summed E-state index contributed by atoms with van der Waals surface area (Å²) in [7, 11) is 1.63. The van der Waals surface area contributed by atoms with Gasteiger partial charge in [-0.1, -0.05) is 12.1 Å². The van der Waals surface area contributed by atoms with Crippen LogP contribution < -0.4 is 10.1 Å². The number of urea groups is 1. The molecule has 2 aromatic rings. The lowest BCUT2D eigenvalue weighted by Gasteiger charge is -2.43. The molecule has 3 heterocycles. The van der Waals surface area contributed by atoms with E-state index in [1.54, 1.807) is 13.2 Å². The maximum atomic E-state index is 12.8. The maximum absolute atomic E-state index is 12.8. The number of nitrogens with one attached hydrogen (secondary N) is 1. The first-order chi connectivity index (χ1) is 14.4. The number of amides is 2. The lowest BCUT2D eigenvalue weighted by Crippen LogP contribution is -2.50. The average molecular weight is 431 g/mol. The van der Waals surface area contributed by atoms with Gasteiger partial charge >= 0.3 is 12.0 Å². The van der Waals surface area contributed by atoms with Gasteiger partial charge in [0.05, 0.1) is 19.8 Å². The molecule has 0 radical (unpaired) electrons. The van der Waals surface area contributed by atoms with Crippen molar-refractivity contribution in [2.75, 3.05) is 26.8 Å². The van der Waals surface area contributed by atoms with Crippen molar-refractivity contribution in [3.63, 3.8) is 0 Å². The summed E-state index contributed by atoms with van der Waals surface area (Å²) in [6.45, 7) is 3.69. The number of methoxy groups -OCH3 is 1. The molecule has 2 amide bonds. The molecule has 7 nitrogen and oxygen atoms in total. The van der Waals surface area contributed by atoms with Crippen LogP contribution in [0, 0.1) is 0 Å². The molecule has 0 unspecified atom stereocenters. The number of piperidine rings is 1. The van der Waals surface area contributed by atoms with Crippen LogP contribution in [0.1, 0.15) is 51.5 Å². The summed E-state index contributed by atoms with van der Waals surface area (Å²) < 4.78 is 11.4. The van der Waals surface area contributed by atoms with Crippen molar-refractivity contribution >= 4 is 23.3 Å². The monoisotopic (exact) mass is 430 g/mol. The van der Waals surface area contributed by atoms with E-state index in [1.165, 1.54) is 11.3 Å². The molecular formula is C22H26N2O5S. The average Bonchev–Trinajstić information content (AvgIpc) is 3.21. The number of benzene rings is 1. The van der Waals surface area contributed by atoms with Gasteiger partial charge in [0.25, 0.3) is 0 Å². The number of carbonyl (C=O) groups excluding carboxylic acids is 1. The van der Waals surface area contributed by atoms with Crippen LogP contribution in [-0.2, 0) is 16.8 Å². The summed E-state index contributed by atoms with van der Waals surface area (Å²) in [5.41, 5.74) is 1.62. The zero-order chi connectivity index (χ0) is 21.3. The van der Waals surface area contributed by atoms with Gasteiger partial charge < -0.3 is 24.8 Å². The molecule has 4 rings (SSSR count). The van der Waals surface area contributed by atoms with E-state index in [4.69, 9.17) is 9.47 Å². The highest BCUT2D eigenvalue weighted by molar-refractivity contribution is 7.14. The number of carboxylic acid groups (broad SMARTS) is 1. The van der Waals surface area contributed by atoms with Crippen LogP contribution >= 0.6 is 11.3 Å². The number of fused-ring (bicyclic) bond motifs is 2. The zero-order valence-corrected chi connectivity index (χ0v) is 18.0. The van der Waals surface area contributed by atoms with Gasteiger partial charge in [-0.25, -0.2) is 9.59 Å². The number of rotatable bonds is 4. The zero-order valence-electron chi connectivity index (χ0n) is 17.1. The van der Waals surface area contributed by atoms with Gasteiger partial charge in [0.2, 0.25) is 0 Å². The van der Waals surface area contributed by atoms with Gasteiger partial charge in [-0.2, -0.15) is 0 Å². The first kappa shape index (κ1) is 20.7. The predicted octanol–water partition coefficient (Wildman–Crippen LogP) is 3.79. The fraction of sp³-hybridized carbons (Fsp3) is 0.455. The van der Waals surface area contributed by atoms with Crippen LogP contribution in [0.2, 0.25) is 0 Å². The van der Waals surface area contributed by atoms with Gasteiger partial charge in [-0.3, -0.25) is 0 Å². The second kappa shape index (κ2) is 8.28. The topological polar surface area (TPSA) is 88.1 Å². The molecule has 8 heteroatoms. The molecule has 1 spiro atoms. The van der Waals surface area contributed by atoms with Crippen molar-refractivity contribution in [3.8, 4) is 5.75 Å². The van der Waals surface area contributed by atoms with E-state index in [0.717, 1.165) is 28.2 Å². The maximum Gasteiger partial charge on any atom is 0.345 e. The van der Waals surface area contributed by atoms with E-state index in [0.29, 0.717) is 37.4 Å². The van der Waals surface area contributed by atoms with Crippen LogP contribution in [0.4, 0.5) is 4.79 Å². The van der Waals surface area contributed by atoms with Gasteiger partial charge in [-0.05, 0) is 55.5 Å². The number of ether oxygens (including phenoxy) is 2. The predicted molar refractivity (Wildman–Crippen MR) is 113 cm³/mol. The molecule has 160 valence electrons. The number of nitrogens with zero attached hydrogens (tertiary/aromatic N) is 1. The second-order valence-electron chi connectivity index (χ2n) is 7.79. The number of carbonyl (C=O) groups is 2. The first-order valence-electron chi connectivity index (χ1n) is 10.1. The lowest BCUT2D eigenvalue weighted by atomic mass is 9.85. The van der Waals surface area contributed by atoms with E-state index < -0.39 is 11.6 Å². The Morgan fingerprint density at radius 2 is 1.97 bits per heavy atom. The second-order valence-corrected chi connectivity index (χ2v) is 8.85. The number of hydrogen-bond acceptors (Lipinski definition) is 5. The third-order valence-corrected chi connectivity index (χ3v) is 7.35. The molecule has 30 heavy (non-hydrogen) atoms. The van der Waals surface area contributed by atoms with E-state index in [1.807, 2.05) is 36.1 Å². The van der Waals surface area contributed by atoms with Crippen LogP contribution in [0.5, 0.6) is 5.75 Å². The van der Waals surface area contributed by atoms with Gasteiger partial charge in [0, 0.05) is 18.0 Å². The highest BCUT2D eigenvalue weighted by Gasteiger charge is 2.43. The van der Waals surface area contributed by atoms with E-state index in [2.05, 4.69) is 5.32 Å². The quantitative estimate of drug-likeness (QED) is 0.771. The Bertz CT molecular complexity index is 932. The van der Waals surface area contributed by atoms with Crippen molar-refractivity contribution in [1.29, 1.82) is 0 Å². The summed E-state index contributed by atoms with van der Waals surface area (Å²) in [5, 5.41) is 12.4. The van der Waals surface area contributed by atoms with E-state index in [9.17, 15) is 14.7 Å². The SMILES string of the molecule is COc1ccc([C@@H](C)NC(=O)N2CCC3(CC2)OCCc2cc(C(=O)O)sc23)cc1. The molecule has 1 atom stereocenters. The Morgan fingerprint density at radius 1 is 1.27 bits per heavy atom. The summed E-state index contributed by atoms with van der Waals surface area (Å²) in [5.74, 6) is -0.112. The third kappa shape index (κ3) is 3.89. The Kier molecular flexibility index (Phi) is 5.71. The molecule has 1 aromatic heterocycles. The number of thiophene rings is 1. The minimum atomic E-state index is -0.895. The number of aromatic carboxylic acids is 1. The summed E-state index contributed by atoms with van der Waals surface area (Å²) in [4.78, 5) is 27.4. The molecule has 1 saturated heterocycles. The van der Waals surface area contributed by atoms with Crippen molar-refractivity contribution < 1.29 is 24.2 Å². The molecule has 2 aliphatic heterocycles. The Hall–Kier alpha value is -2.58. The number of hydrogen-bond donors (Lipinski definition) is 2. The minimum absolute atomic E-state index is 0.0957. The Balaban J connectivity index is 1.40. The molecule has 0 saturated carbocycles. The number of likely N-dealkylation sites (tertiary alicyclic amines) is 1. The molecule has 1 aromatic carbocycles. The molecular weight excluding hydrogens is 404 g/mol. The van der Waals surface area contributed by atoms with Crippen molar-refractivity contribution in [2.24, 2.45) is 0 Å². The third-order valence-electron chi connectivity index (χ3n) is 6.00. The van der Waals surface area contributed by atoms with Crippen LogP contribution in [-0.4, -0.2) is 48.8 Å². The van der Waals surface area contributed by atoms with Crippen molar-refractivity contribution in [3.05, 3.63) is 51.2 Å². The Labute approximate surface area is 179 Å². The summed E-state index contributed by atoms with van der Waals surface area (Å²) >= 11 is 1.32. The van der Waals surface area contributed by atoms with Gasteiger partial charge in [-0.15, -0.1) is 11.3 Å². The molecule has 0 bridgehead atoms. The fourth-order valence-electron chi connectivity index (χ4n) is 4.22. The van der Waals surface area contributed by atoms with Gasteiger partial charge in [0.15, 0.2) is 0 Å². The van der Waals surface area contributed by atoms with Crippen LogP contribution in [0.15, 0.2) is 30.3 Å². The van der Waals surface area contributed by atoms with Crippen molar-refractivity contribution in [2.45, 2.75) is 37.8 Å². The van der Waals surface area contributed by atoms with Gasteiger partial charge in [0.1, 0.15) is 16.2 Å². The normalized spacial score (nSPS) is 18.5. The summed E-state index contributed by atoms with van der Waals surface area (Å²) in [6.07, 6.45) is 2.08. The van der Waals surface area contributed by atoms with Crippen LogP contribution in [0.3, 0.4) is 0 Å². The molecule has 2 aliphatic rings. The molecule has 0 aliphatic carbocycles. The number of carboxylic acids is 1. The minimum Gasteiger partial charge on any atom is -0.497 e. The van der Waals surface area contributed by atoms with E-state index >= 15 is 0 Å².